The third kappa shape index (κ3) is 5.72. The molecule has 0 amide bonds. The molecule has 1 atom stereocenters. The van der Waals surface area contributed by atoms with Crippen molar-refractivity contribution >= 4 is 5.97 Å². The van der Waals surface area contributed by atoms with Crippen LogP contribution in [0.3, 0.4) is 0 Å². The van der Waals surface area contributed by atoms with E-state index in [1.165, 1.54) is 0 Å². The molecule has 94 valence electrons. The minimum absolute atomic E-state index is 0.385. The van der Waals surface area contributed by atoms with E-state index >= 15 is 0 Å². The monoisotopic (exact) mass is 245 g/mol. The number of rotatable bonds is 3. The van der Waals surface area contributed by atoms with Crippen LogP contribution in [0, 0.1) is 0 Å². The molecular weight excluding hydrogens is 230 g/mol. The average Bonchev–Trinajstić information content (AvgIpc) is 2.42. The van der Waals surface area contributed by atoms with Gasteiger partial charge in [0.1, 0.15) is 6.04 Å². The lowest BCUT2D eigenvalue weighted by Crippen LogP contribution is -2.32. The van der Waals surface area contributed by atoms with Crippen LogP contribution in [0.2, 0.25) is 0 Å². The van der Waals surface area contributed by atoms with Gasteiger partial charge in [-0.05, 0) is 12.0 Å². The van der Waals surface area contributed by atoms with Gasteiger partial charge < -0.3 is 10.8 Å². The SMILES string of the molecule is NC(Cc1ccccc1)C(=O)O.c1cnccn1. The molecule has 2 rings (SSSR count). The molecule has 1 aromatic carbocycles. The topological polar surface area (TPSA) is 89.1 Å². The molecule has 3 N–H and O–H groups in total. The summed E-state index contributed by atoms with van der Waals surface area (Å²) in [5.74, 6) is -0.959. The molecule has 0 spiro atoms. The summed E-state index contributed by atoms with van der Waals surface area (Å²) in [5.41, 5.74) is 6.30. The molecular formula is C13H15N3O2. The third-order valence-electron chi connectivity index (χ3n) is 2.09. The minimum atomic E-state index is -0.959. The summed E-state index contributed by atoms with van der Waals surface area (Å²) in [6.45, 7) is 0. The van der Waals surface area contributed by atoms with Gasteiger partial charge in [0.15, 0.2) is 0 Å². The molecule has 5 heteroatoms. The summed E-state index contributed by atoms with van der Waals surface area (Å²) in [6, 6.07) is 8.54. The lowest BCUT2D eigenvalue weighted by atomic mass is 10.1. The molecule has 0 aliphatic carbocycles. The zero-order chi connectivity index (χ0) is 13.2. The maximum Gasteiger partial charge on any atom is 0.320 e. The number of nitrogens with two attached hydrogens (primary N) is 1. The third-order valence-corrected chi connectivity index (χ3v) is 2.09. The van der Waals surface area contributed by atoms with Crippen molar-refractivity contribution in [2.24, 2.45) is 5.73 Å². The predicted molar refractivity (Wildman–Crippen MR) is 67.8 cm³/mol. The van der Waals surface area contributed by atoms with Crippen LogP contribution < -0.4 is 5.73 Å². The first-order valence-corrected chi connectivity index (χ1v) is 5.42. The normalized spacial score (nSPS) is 10.9. The Labute approximate surface area is 105 Å². The Balaban J connectivity index is 0.000000225. The summed E-state index contributed by atoms with van der Waals surface area (Å²) in [4.78, 5) is 17.8. The quantitative estimate of drug-likeness (QED) is 0.845. The highest BCUT2D eigenvalue weighted by Crippen LogP contribution is 2.01. The van der Waals surface area contributed by atoms with Gasteiger partial charge in [-0.1, -0.05) is 30.3 Å². The molecule has 1 unspecified atom stereocenters. The zero-order valence-electron chi connectivity index (χ0n) is 9.81. The van der Waals surface area contributed by atoms with Gasteiger partial charge in [-0.25, -0.2) is 0 Å². The number of benzene rings is 1. The Morgan fingerprint density at radius 3 is 2.00 bits per heavy atom. The Kier molecular flexibility index (Phi) is 6.07. The number of carboxylic acid groups (broad SMARTS) is 1. The number of aromatic nitrogens is 2. The van der Waals surface area contributed by atoms with Gasteiger partial charge in [0.2, 0.25) is 0 Å². The second kappa shape index (κ2) is 7.92. The smallest absolute Gasteiger partial charge is 0.320 e. The maximum absolute atomic E-state index is 10.4. The first-order valence-electron chi connectivity index (χ1n) is 5.42. The molecule has 0 aliphatic heterocycles. The summed E-state index contributed by atoms with van der Waals surface area (Å²) in [7, 11) is 0. The van der Waals surface area contributed by atoms with E-state index in [1.807, 2.05) is 30.3 Å². The van der Waals surface area contributed by atoms with Gasteiger partial charge in [0.25, 0.3) is 0 Å². The van der Waals surface area contributed by atoms with Gasteiger partial charge in [0, 0.05) is 24.8 Å². The molecule has 0 aliphatic rings. The number of carbonyl (C=O) groups is 1. The summed E-state index contributed by atoms with van der Waals surface area (Å²) in [5, 5.41) is 8.52. The molecule has 0 fully saturated rings. The fourth-order valence-electron chi connectivity index (χ4n) is 1.21. The van der Waals surface area contributed by atoms with Crippen LogP contribution in [-0.2, 0) is 11.2 Å². The van der Waals surface area contributed by atoms with Crippen LogP contribution in [0.15, 0.2) is 55.1 Å². The van der Waals surface area contributed by atoms with E-state index in [-0.39, 0.29) is 0 Å². The van der Waals surface area contributed by atoms with Gasteiger partial charge in [-0.15, -0.1) is 0 Å². The molecule has 0 radical (unpaired) electrons. The predicted octanol–water partition coefficient (Wildman–Crippen LogP) is 1.12. The van der Waals surface area contributed by atoms with E-state index in [2.05, 4.69) is 9.97 Å². The van der Waals surface area contributed by atoms with E-state index in [0.717, 1.165) is 5.56 Å². The molecule has 1 aromatic heterocycles. The fraction of sp³-hybridized carbons (Fsp3) is 0.154. The molecule has 0 saturated heterocycles. The first kappa shape index (κ1) is 13.8. The van der Waals surface area contributed by atoms with Crippen molar-refractivity contribution in [2.75, 3.05) is 0 Å². The highest BCUT2D eigenvalue weighted by atomic mass is 16.4. The van der Waals surface area contributed by atoms with Crippen LogP contribution in [0.25, 0.3) is 0 Å². The lowest BCUT2D eigenvalue weighted by Gasteiger charge is -2.04. The van der Waals surface area contributed by atoms with E-state index in [9.17, 15) is 4.79 Å². The first-order chi connectivity index (χ1) is 8.70. The fourth-order valence-corrected chi connectivity index (χ4v) is 1.21. The molecule has 5 nitrogen and oxygen atoms in total. The highest BCUT2D eigenvalue weighted by Gasteiger charge is 2.10. The van der Waals surface area contributed by atoms with Crippen molar-refractivity contribution in [3.05, 3.63) is 60.7 Å². The van der Waals surface area contributed by atoms with E-state index in [0.29, 0.717) is 6.42 Å². The Hall–Kier alpha value is -2.27. The molecule has 2 aromatic rings. The number of hydrogen-bond acceptors (Lipinski definition) is 4. The van der Waals surface area contributed by atoms with E-state index < -0.39 is 12.0 Å². The second-order valence-electron chi connectivity index (χ2n) is 3.53. The Bertz CT molecular complexity index is 422. The van der Waals surface area contributed by atoms with Gasteiger partial charge >= 0.3 is 5.97 Å². The van der Waals surface area contributed by atoms with Crippen molar-refractivity contribution in [2.45, 2.75) is 12.5 Å². The van der Waals surface area contributed by atoms with Crippen LogP contribution in [0.4, 0.5) is 0 Å². The largest absolute Gasteiger partial charge is 0.480 e. The van der Waals surface area contributed by atoms with Crippen molar-refractivity contribution in [1.82, 2.24) is 9.97 Å². The van der Waals surface area contributed by atoms with Crippen LogP contribution in [-0.4, -0.2) is 27.1 Å². The summed E-state index contributed by atoms with van der Waals surface area (Å²) in [6.07, 6.45) is 6.94. The molecule has 1 heterocycles. The van der Waals surface area contributed by atoms with Crippen molar-refractivity contribution in [3.8, 4) is 0 Å². The Morgan fingerprint density at radius 1 is 1.11 bits per heavy atom. The van der Waals surface area contributed by atoms with Crippen molar-refractivity contribution < 1.29 is 9.90 Å². The van der Waals surface area contributed by atoms with Gasteiger partial charge in [-0.2, -0.15) is 0 Å². The molecule has 0 bridgehead atoms. The van der Waals surface area contributed by atoms with Gasteiger partial charge in [-0.3, -0.25) is 14.8 Å². The second-order valence-corrected chi connectivity index (χ2v) is 3.53. The van der Waals surface area contributed by atoms with Crippen molar-refractivity contribution in [1.29, 1.82) is 0 Å². The maximum atomic E-state index is 10.4. The zero-order valence-corrected chi connectivity index (χ0v) is 9.81. The van der Waals surface area contributed by atoms with Crippen molar-refractivity contribution in [3.63, 3.8) is 0 Å². The molecule has 0 saturated carbocycles. The molecule has 18 heavy (non-hydrogen) atoms. The highest BCUT2D eigenvalue weighted by molar-refractivity contribution is 5.73. The van der Waals surface area contributed by atoms with Gasteiger partial charge in [0.05, 0.1) is 0 Å². The number of nitrogens with zero attached hydrogens (tertiary/aromatic N) is 2. The van der Waals surface area contributed by atoms with Crippen LogP contribution in [0.1, 0.15) is 5.56 Å². The summed E-state index contributed by atoms with van der Waals surface area (Å²) >= 11 is 0. The van der Waals surface area contributed by atoms with E-state index in [4.69, 9.17) is 10.8 Å². The van der Waals surface area contributed by atoms with Crippen LogP contribution in [0.5, 0.6) is 0 Å². The number of carboxylic acids is 1. The summed E-state index contributed by atoms with van der Waals surface area (Å²) < 4.78 is 0. The average molecular weight is 245 g/mol. The van der Waals surface area contributed by atoms with Crippen LogP contribution >= 0.6 is 0 Å². The Morgan fingerprint density at radius 2 is 1.61 bits per heavy atom. The van der Waals surface area contributed by atoms with E-state index in [1.54, 1.807) is 24.8 Å². The lowest BCUT2D eigenvalue weighted by molar-refractivity contribution is -0.138. The standard InChI is InChI=1S/C9H11NO2.C4H4N2/c10-8(9(11)12)6-7-4-2-1-3-5-7;1-2-6-4-3-5-1/h1-5,8H,6,10H2,(H,11,12);1-4H. The number of aliphatic carboxylic acids is 1. The minimum Gasteiger partial charge on any atom is -0.480 e. The number of hydrogen-bond donors (Lipinski definition) is 2.